The normalized spacial score (nSPS) is 23.1. The Morgan fingerprint density at radius 2 is 2.05 bits per heavy atom. The molecule has 0 spiro atoms. The number of alkyl halides is 3. The highest BCUT2D eigenvalue weighted by atomic mass is 19.4. The van der Waals surface area contributed by atoms with Gasteiger partial charge in [0.1, 0.15) is 0 Å². The van der Waals surface area contributed by atoms with Gasteiger partial charge in [0, 0.05) is 26.1 Å². The average molecular weight is 310 g/mol. The fraction of sp³-hybridized carbons (Fsp3) is 0.929. The number of carbonyl (C=O) groups excluding carboxylic acids is 1. The number of ether oxygens (including phenoxy) is 1. The number of amides is 1. The number of nitrogens with two attached hydrogens (primary N) is 1. The molecule has 2 N–H and O–H groups in total. The predicted octanol–water partition coefficient (Wildman–Crippen LogP) is 2.18. The van der Waals surface area contributed by atoms with Gasteiger partial charge in [0.15, 0.2) is 0 Å². The van der Waals surface area contributed by atoms with Crippen molar-refractivity contribution in [1.82, 2.24) is 4.90 Å². The van der Waals surface area contributed by atoms with Gasteiger partial charge >= 0.3 is 6.18 Å². The van der Waals surface area contributed by atoms with Crippen LogP contribution in [0.5, 0.6) is 0 Å². The van der Waals surface area contributed by atoms with Gasteiger partial charge in [-0.05, 0) is 32.2 Å². The van der Waals surface area contributed by atoms with Crippen LogP contribution in [0, 0.1) is 11.8 Å². The van der Waals surface area contributed by atoms with E-state index in [0.717, 1.165) is 0 Å². The summed E-state index contributed by atoms with van der Waals surface area (Å²) in [6.07, 6.45) is -2.52. The summed E-state index contributed by atoms with van der Waals surface area (Å²) in [5.74, 6) is -2.06. The molecule has 0 aromatic heterocycles. The zero-order valence-electron chi connectivity index (χ0n) is 12.5. The molecule has 1 aliphatic carbocycles. The lowest BCUT2D eigenvalue weighted by Crippen LogP contribution is -2.42. The smallest absolute Gasteiger partial charge is 0.383 e. The Hall–Kier alpha value is -0.820. The van der Waals surface area contributed by atoms with Gasteiger partial charge in [0.25, 0.3) is 0 Å². The number of nitrogens with zero attached hydrogens (tertiary/aromatic N) is 1. The minimum Gasteiger partial charge on any atom is -0.383 e. The summed E-state index contributed by atoms with van der Waals surface area (Å²) in [6.45, 7) is 1.72. The first-order valence-electron chi connectivity index (χ1n) is 7.44. The quantitative estimate of drug-likeness (QED) is 0.784. The molecule has 4 nitrogen and oxygen atoms in total. The van der Waals surface area contributed by atoms with Crippen molar-refractivity contribution in [3.8, 4) is 0 Å². The number of halogens is 3. The maximum absolute atomic E-state index is 12.8. The van der Waals surface area contributed by atoms with Crippen LogP contribution < -0.4 is 5.73 Å². The van der Waals surface area contributed by atoms with Gasteiger partial charge in [0.05, 0.1) is 12.5 Å². The third kappa shape index (κ3) is 5.82. The van der Waals surface area contributed by atoms with Gasteiger partial charge in [-0.3, -0.25) is 4.79 Å². The summed E-state index contributed by atoms with van der Waals surface area (Å²) in [5, 5.41) is 0. The predicted molar refractivity (Wildman–Crippen MR) is 73.6 cm³/mol. The van der Waals surface area contributed by atoms with Crippen LogP contribution in [0.2, 0.25) is 0 Å². The third-order valence-electron chi connectivity index (χ3n) is 4.00. The summed E-state index contributed by atoms with van der Waals surface area (Å²) < 4.78 is 43.4. The van der Waals surface area contributed by atoms with Gasteiger partial charge in [-0.1, -0.05) is 6.42 Å². The summed E-state index contributed by atoms with van der Waals surface area (Å²) >= 11 is 0. The largest absolute Gasteiger partial charge is 0.391 e. The number of methoxy groups -OCH3 is 1. The Morgan fingerprint density at radius 1 is 1.33 bits per heavy atom. The van der Waals surface area contributed by atoms with Crippen molar-refractivity contribution in [2.45, 2.75) is 38.3 Å². The minimum atomic E-state index is -4.20. The SMILES string of the molecule is COCCN(CCCN)C(=O)C1CCCC(C(F)(F)F)C1. The molecule has 0 heterocycles. The lowest BCUT2D eigenvalue weighted by molar-refractivity contribution is -0.187. The molecular formula is C14H25F3N2O2. The molecule has 0 aliphatic heterocycles. The van der Waals surface area contributed by atoms with E-state index in [2.05, 4.69) is 0 Å². The second-order valence-corrected chi connectivity index (χ2v) is 5.56. The van der Waals surface area contributed by atoms with Gasteiger partial charge in [-0.15, -0.1) is 0 Å². The van der Waals surface area contributed by atoms with E-state index in [1.807, 2.05) is 0 Å². The molecule has 1 aliphatic rings. The molecule has 1 fully saturated rings. The highest BCUT2D eigenvalue weighted by Gasteiger charge is 2.44. The fourth-order valence-electron chi connectivity index (χ4n) is 2.79. The molecule has 1 saturated carbocycles. The molecule has 7 heteroatoms. The van der Waals surface area contributed by atoms with Crippen LogP contribution in [-0.2, 0) is 9.53 Å². The van der Waals surface area contributed by atoms with E-state index in [1.54, 1.807) is 4.90 Å². The van der Waals surface area contributed by atoms with Crippen LogP contribution in [-0.4, -0.2) is 50.3 Å². The van der Waals surface area contributed by atoms with Crippen molar-refractivity contribution in [2.24, 2.45) is 17.6 Å². The highest BCUT2D eigenvalue weighted by molar-refractivity contribution is 5.79. The van der Waals surface area contributed by atoms with Gasteiger partial charge in [-0.25, -0.2) is 0 Å². The molecule has 2 unspecified atom stereocenters. The Labute approximate surface area is 123 Å². The molecule has 0 saturated heterocycles. The van der Waals surface area contributed by atoms with Crippen LogP contribution in [0.4, 0.5) is 13.2 Å². The van der Waals surface area contributed by atoms with Crippen molar-refractivity contribution in [3.05, 3.63) is 0 Å². The van der Waals surface area contributed by atoms with Crippen molar-refractivity contribution in [1.29, 1.82) is 0 Å². The van der Waals surface area contributed by atoms with Gasteiger partial charge in [0.2, 0.25) is 5.91 Å². The second kappa shape index (κ2) is 8.58. The maximum atomic E-state index is 12.8. The van der Waals surface area contributed by atoms with E-state index in [1.165, 1.54) is 7.11 Å². The lowest BCUT2D eigenvalue weighted by atomic mass is 9.80. The van der Waals surface area contributed by atoms with E-state index in [9.17, 15) is 18.0 Å². The molecule has 0 bridgehead atoms. The summed E-state index contributed by atoms with van der Waals surface area (Å²) in [6, 6.07) is 0. The van der Waals surface area contributed by atoms with E-state index in [-0.39, 0.29) is 18.7 Å². The van der Waals surface area contributed by atoms with Crippen molar-refractivity contribution < 1.29 is 22.7 Å². The van der Waals surface area contributed by atoms with Crippen LogP contribution in [0.3, 0.4) is 0 Å². The number of hydrogen-bond acceptors (Lipinski definition) is 3. The number of rotatable bonds is 7. The topological polar surface area (TPSA) is 55.6 Å². The van der Waals surface area contributed by atoms with Crippen molar-refractivity contribution in [3.63, 3.8) is 0 Å². The molecule has 0 aromatic rings. The molecule has 1 rings (SSSR count). The Balaban J connectivity index is 2.63. The van der Waals surface area contributed by atoms with E-state index < -0.39 is 18.0 Å². The summed E-state index contributed by atoms with van der Waals surface area (Å²) in [7, 11) is 1.53. The molecule has 21 heavy (non-hydrogen) atoms. The van der Waals surface area contributed by atoms with Crippen molar-refractivity contribution >= 4 is 5.91 Å². The highest BCUT2D eigenvalue weighted by Crippen LogP contribution is 2.40. The maximum Gasteiger partial charge on any atom is 0.391 e. The van der Waals surface area contributed by atoms with E-state index >= 15 is 0 Å². The second-order valence-electron chi connectivity index (χ2n) is 5.56. The first-order chi connectivity index (χ1) is 9.90. The van der Waals surface area contributed by atoms with Crippen LogP contribution >= 0.6 is 0 Å². The van der Waals surface area contributed by atoms with Crippen LogP contribution in [0.25, 0.3) is 0 Å². The molecule has 1 amide bonds. The molecule has 124 valence electrons. The molecular weight excluding hydrogens is 285 g/mol. The fourth-order valence-corrected chi connectivity index (χ4v) is 2.79. The van der Waals surface area contributed by atoms with Crippen molar-refractivity contribution in [2.75, 3.05) is 33.4 Å². The van der Waals surface area contributed by atoms with Crippen LogP contribution in [0.1, 0.15) is 32.1 Å². The van der Waals surface area contributed by atoms with Crippen LogP contribution in [0.15, 0.2) is 0 Å². The minimum absolute atomic E-state index is 0.0888. The zero-order valence-corrected chi connectivity index (χ0v) is 12.5. The first-order valence-corrected chi connectivity index (χ1v) is 7.44. The molecule has 0 radical (unpaired) electrons. The Bertz CT molecular complexity index is 316. The van der Waals surface area contributed by atoms with Gasteiger partial charge in [-0.2, -0.15) is 13.2 Å². The van der Waals surface area contributed by atoms with E-state index in [0.29, 0.717) is 45.5 Å². The summed E-state index contributed by atoms with van der Waals surface area (Å²) in [4.78, 5) is 14.0. The number of hydrogen-bond donors (Lipinski definition) is 1. The van der Waals surface area contributed by atoms with E-state index in [4.69, 9.17) is 10.5 Å². The number of carbonyl (C=O) groups is 1. The Kier molecular flexibility index (Phi) is 7.45. The zero-order chi connectivity index (χ0) is 15.9. The molecule has 2 atom stereocenters. The Morgan fingerprint density at radius 3 is 2.62 bits per heavy atom. The summed E-state index contributed by atoms with van der Waals surface area (Å²) in [5.41, 5.74) is 5.45. The standard InChI is InChI=1S/C14H25F3N2O2/c1-21-9-8-19(7-3-6-18)13(20)11-4-2-5-12(10-11)14(15,16)17/h11-12H,2-10,18H2,1H3. The van der Waals surface area contributed by atoms with Gasteiger partial charge < -0.3 is 15.4 Å². The first kappa shape index (κ1) is 18.2. The monoisotopic (exact) mass is 310 g/mol. The lowest BCUT2D eigenvalue weighted by Gasteiger charge is -2.33. The average Bonchev–Trinajstić information content (AvgIpc) is 2.46. The third-order valence-corrected chi connectivity index (χ3v) is 4.00. The molecule has 0 aromatic carbocycles.